The smallest absolute Gasteiger partial charge is 0.273 e. The van der Waals surface area contributed by atoms with Crippen LogP contribution in [0.3, 0.4) is 0 Å². The number of benzene rings is 1. The van der Waals surface area contributed by atoms with E-state index in [-0.39, 0.29) is 12.0 Å². The lowest BCUT2D eigenvalue weighted by Crippen LogP contribution is -2.22. The summed E-state index contributed by atoms with van der Waals surface area (Å²) in [4.78, 5) is 13.4. The molecule has 0 spiro atoms. The number of hydrogen-bond donors (Lipinski definition) is 1. The van der Waals surface area contributed by atoms with Crippen molar-refractivity contribution in [2.45, 2.75) is 20.0 Å². The van der Waals surface area contributed by atoms with E-state index >= 15 is 0 Å². The molecule has 0 saturated carbocycles. The van der Waals surface area contributed by atoms with E-state index in [0.717, 1.165) is 0 Å². The van der Waals surface area contributed by atoms with E-state index in [9.17, 15) is 4.79 Å². The van der Waals surface area contributed by atoms with Crippen LogP contribution in [0.2, 0.25) is 0 Å². The first-order valence-electron chi connectivity index (χ1n) is 6.73. The summed E-state index contributed by atoms with van der Waals surface area (Å²) in [5.74, 6) is 0.459. The average molecular weight is 288 g/mol. The summed E-state index contributed by atoms with van der Waals surface area (Å²) < 4.78 is 7.24. The van der Waals surface area contributed by atoms with E-state index in [0.29, 0.717) is 22.8 Å². The highest BCUT2D eigenvalue weighted by Crippen LogP contribution is 2.28. The molecule has 1 heterocycles. The van der Waals surface area contributed by atoms with E-state index in [1.807, 2.05) is 32.0 Å². The van der Waals surface area contributed by atoms with Crippen molar-refractivity contribution in [3.05, 3.63) is 36.2 Å². The number of carbonyl (C=O) groups is 1. The molecule has 2 rings (SSSR count). The van der Waals surface area contributed by atoms with Crippen molar-refractivity contribution < 1.29 is 9.53 Å². The second kappa shape index (κ2) is 5.87. The van der Waals surface area contributed by atoms with Crippen LogP contribution in [0.15, 0.2) is 30.5 Å². The van der Waals surface area contributed by atoms with Crippen molar-refractivity contribution in [1.82, 2.24) is 14.7 Å². The highest BCUT2D eigenvalue weighted by atomic mass is 16.5. The van der Waals surface area contributed by atoms with Gasteiger partial charge in [-0.3, -0.25) is 4.79 Å². The van der Waals surface area contributed by atoms with Gasteiger partial charge >= 0.3 is 0 Å². The van der Waals surface area contributed by atoms with Crippen LogP contribution in [-0.4, -0.2) is 40.8 Å². The maximum atomic E-state index is 11.9. The van der Waals surface area contributed by atoms with Crippen LogP contribution in [0.5, 0.6) is 5.75 Å². The monoisotopic (exact) mass is 288 g/mol. The second-order valence-electron chi connectivity index (χ2n) is 5.20. The minimum atomic E-state index is -0.151. The molecular weight excluding hydrogens is 268 g/mol. The molecule has 6 heteroatoms. The number of nitrogen functional groups attached to an aromatic ring is 1. The van der Waals surface area contributed by atoms with Crippen molar-refractivity contribution in [3.63, 3.8) is 0 Å². The van der Waals surface area contributed by atoms with Gasteiger partial charge in [0, 0.05) is 20.3 Å². The fourth-order valence-electron chi connectivity index (χ4n) is 1.89. The number of nitrogens with two attached hydrogens (primary N) is 1. The quantitative estimate of drug-likeness (QED) is 0.873. The predicted octanol–water partition coefficient (Wildman–Crippen LogP) is 1.94. The van der Waals surface area contributed by atoms with Gasteiger partial charge in [-0.1, -0.05) is 6.07 Å². The third kappa shape index (κ3) is 3.16. The fraction of sp³-hybridized carbons (Fsp3) is 0.333. The Bertz CT molecular complexity index is 647. The van der Waals surface area contributed by atoms with Crippen LogP contribution in [0.4, 0.5) is 5.69 Å². The molecule has 0 saturated heterocycles. The van der Waals surface area contributed by atoms with Crippen LogP contribution in [0.25, 0.3) is 5.69 Å². The minimum Gasteiger partial charge on any atom is -0.489 e. The van der Waals surface area contributed by atoms with Crippen LogP contribution in [-0.2, 0) is 0 Å². The molecule has 0 unspecified atom stereocenters. The Labute approximate surface area is 124 Å². The Hall–Kier alpha value is -2.50. The first-order chi connectivity index (χ1) is 9.90. The predicted molar refractivity (Wildman–Crippen MR) is 81.8 cm³/mol. The molecule has 1 amide bonds. The van der Waals surface area contributed by atoms with Gasteiger partial charge in [0.15, 0.2) is 5.69 Å². The molecule has 2 aromatic rings. The zero-order valence-corrected chi connectivity index (χ0v) is 12.7. The normalized spacial score (nSPS) is 10.7. The molecule has 0 aliphatic rings. The highest BCUT2D eigenvalue weighted by molar-refractivity contribution is 5.91. The molecule has 0 aliphatic heterocycles. The Morgan fingerprint density at radius 1 is 1.33 bits per heavy atom. The number of para-hydroxylation sites is 1. The number of anilines is 1. The third-order valence-corrected chi connectivity index (χ3v) is 2.87. The Kier molecular flexibility index (Phi) is 4.16. The van der Waals surface area contributed by atoms with Crippen LogP contribution >= 0.6 is 0 Å². The summed E-state index contributed by atoms with van der Waals surface area (Å²) in [5, 5.41) is 4.27. The SMILES string of the molecule is CC(C)Oc1cccc(-n2ccc(C(=O)N(C)C)n2)c1N. The van der Waals surface area contributed by atoms with Crippen LogP contribution in [0, 0.1) is 0 Å². The van der Waals surface area contributed by atoms with E-state index in [4.69, 9.17) is 10.5 Å². The van der Waals surface area contributed by atoms with Gasteiger partial charge in [0.25, 0.3) is 5.91 Å². The number of rotatable bonds is 4. The molecule has 0 bridgehead atoms. The number of ether oxygens (including phenoxy) is 1. The molecule has 6 nitrogen and oxygen atoms in total. The van der Waals surface area contributed by atoms with Gasteiger partial charge in [0.1, 0.15) is 11.4 Å². The largest absolute Gasteiger partial charge is 0.489 e. The van der Waals surface area contributed by atoms with E-state index in [2.05, 4.69) is 5.10 Å². The highest BCUT2D eigenvalue weighted by Gasteiger charge is 2.14. The zero-order valence-electron chi connectivity index (χ0n) is 12.7. The van der Waals surface area contributed by atoms with Gasteiger partial charge in [-0.05, 0) is 32.0 Å². The van der Waals surface area contributed by atoms with Crippen LogP contribution < -0.4 is 10.5 Å². The van der Waals surface area contributed by atoms with Gasteiger partial charge in [0.2, 0.25) is 0 Å². The number of nitrogens with zero attached hydrogens (tertiary/aromatic N) is 3. The molecule has 21 heavy (non-hydrogen) atoms. The molecule has 0 radical (unpaired) electrons. The number of amides is 1. The Balaban J connectivity index is 2.37. The molecule has 0 fully saturated rings. The molecule has 1 aromatic carbocycles. The van der Waals surface area contributed by atoms with E-state index in [1.54, 1.807) is 31.0 Å². The van der Waals surface area contributed by atoms with Crippen molar-refractivity contribution >= 4 is 11.6 Å². The van der Waals surface area contributed by atoms with E-state index in [1.165, 1.54) is 4.90 Å². The summed E-state index contributed by atoms with van der Waals surface area (Å²) >= 11 is 0. The van der Waals surface area contributed by atoms with Gasteiger partial charge in [0.05, 0.1) is 11.8 Å². The Morgan fingerprint density at radius 2 is 2.05 bits per heavy atom. The average Bonchev–Trinajstić information content (AvgIpc) is 2.89. The summed E-state index contributed by atoms with van der Waals surface area (Å²) in [6, 6.07) is 7.16. The summed E-state index contributed by atoms with van der Waals surface area (Å²) in [5.41, 5.74) is 7.68. The zero-order chi connectivity index (χ0) is 15.6. The summed E-state index contributed by atoms with van der Waals surface area (Å²) in [6.07, 6.45) is 1.74. The lowest BCUT2D eigenvalue weighted by molar-refractivity contribution is 0.0821. The van der Waals surface area contributed by atoms with Gasteiger partial charge in [-0.2, -0.15) is 5.10 Å². The minimum absolute atomic E-state index is 0.0334. The maximum Gasteiger partial charge on any atom is 0.273 e. The summed E-state index contributed by atoms with van der Waals surface area (Å²) in [6.45, 7) is 3.88. The number of hydrogen-bond acceptors (Lipinski definition) is 4. The van der Waals surface area contributed by atoms with Gasteiger partial charge in [-0.25, -0.2) is 4.68 Å². The number of aromatic nitrogens is 2. The lowest BCUT2D eigenvalue weighted by Gasteiger charge is -2.14. The van der Waals surface area contributed by atoms with Crippen molar-refractivity contribution in [1.29, 1.82) is 0 Å². The molecule has 0 aliphatic carbocycles. The number of carbonyl (C=O) groups excluding carboxylic acids is 1. The first-order valence-corrected chi connectivity index (χ1v) is 6.73. The molecular formula is C15H20N4O2. The van der Waals surface area contributed by atoms with Crippen molar-refractivity contribution in [2.75, 3.05) is 19.8 Å². The molecule has 2 N–H and O–H groups in total. The standard InChI is InChI=1S/C15H20N4O2/c1-10(2)21-13-7-5-6-12(14(13)16)19-9-8-11(17-19)15(20)18(3)4/h5-10H,16H2,1-4H3. The first kappa shape index (κ1) is 14.9. The Morgan fingerprint density at radius 3 is 2.67 bits per heavy atom. The van der Waals surface area contributed by atoms with Gasteiger partial charge in [-0.15, -0.1) is 0 Å². The molecule has 1 aromatic heterocycles. The van der Waals surface area contributed by atoms with Crippen molar-refractivity contribution in [3.8, 4) is 11.4 Å². The molecule has 0 atom stereocenters. The molecule has 112 valence electrons. The van der Waals surface area contributed by atoms with Gasteiger partial charge < -0.3 is 15.4 Å². The summed E-state index contributed by atoms with van der Waals surface area (Å²) in [7, 11) is 3.37. The fourth-order valence-corrected chi connectivity index (χ4v) is 1.89. The van der Waals surface area contributed by atoms with Crippen LogP contribution in [0.1, 0.15) is 24.3 Å². The lowest BCUT2D eigenvalue weighted by atomic mass is 10.2. The van der Waals surface area contributed by atoms with E-state index < -0.39 is 0 Å². The maximum absolute atomic E-state index is 11.9. The second-order valence-corrected chi connectivity index (χ2v) is 5.20. The topological polar surface area (TPSA) is 73.4 Å². The van der Waals surface area contributed by atoms with Crippen molar-refractivity contribution in [2.24, 2.45) is 0 Å². The third-order valence-electron chi connectivity index (χ3n) is 2.87.